The summed E-state index contributed by atoms with van der Waals surface area (Å²) < 4.78 is 2.33. The Bertz CT molecular complexity index is 6300. The van der Waals surface area contributed by atoms with Crippen LogP contribution in [-0.2, 0) is 0 Å². The Morgan fingerprint density at radius 3 is 1.16 bits per heavy atom. The van der Waals surface area contributed by atoms with Crippen LogP contribution in [0.2, 0.25) is 0 Å². The molecule has 0 bridgehead atoms. The normalized spacial score (nSPS) is 12.1. The van der Waals surface area contributed by atoms with E-state index in [-0.39, 0.29) is 6.71 Å². The van der Waals surface area contributed by atoms with Crippen LogP contribution < -0.4 is 26.2 Å². The number of anilines is 6. The lowest BCUT2D eigenvalue weighted by Crippen LogP contribution is -2.61. The summed E-state index contributed by atoms with van der Waals surface area (Å²) in [6, 6.07) is 127. The van der Waals surface area contributed by atoms with Crippen LogP contribution in [-0.4, -0.2) is 51.2 Å². The molecule has 6 heterocycles. The van der Waals surface area contributed by atoms with E-state index in [2.05, 4.69) is 251 Å². The lowest BCUT2D eigenvalue weighted by atomic mass is 9.33. The van der Waals surface area contributed by atoms with Gasteiger partial charge in [-0.15, -0.1) is 0 Å². The van der Waals surface area contributed by atoms with Gasteiger partial charge in [-0.2, -0.15) is 0 Å². The maximum atomic E-state index is 5.75. The van der Waals surface area contributed by atoms with Gasteiger partial charge in [0.2, 0.25) is 0 Å². The Hall–Kier alpha value is -14.4. The topological polar surface area (TPSA) is 115 Å². The van der Waals surface area contributed by atoms with Crippen molar-refractivity contribution in [1.29, 1.82) is 0 Å². The summed E-state index contributed by atoms with van der Waals surface area (Å²) in [5.41, 5.74) is 24.9. The molecule has 494 valence electrons. The van der Waals surface area contributed by atoms with Gasteiger partial charge in [0.1, 0.15) is 0 Å². The molecule has 0 atom stereocenters. The second-order valence-electron chi connectivity index (χ2n) is 26.6. The van der Waals surface area contributed by atoms with Crippen LogP contribution in [0, 0.1) is 0 Å². The molecule has 0 amide bonds. The minimum Gasteiger partial charge on any atom is -0.311 e. The highest BCUT2D eigenvalue weighted by Gasteiger charge is 2.43. The fourth-order valence-corrected chi connectivity index (χ4v) is 15.4. The first kappa shape index (κ1) is 61.5. The first-order chi connectivity index (χ1) is 52.5. The molecule has 18 aromatic rings. The Labute approximate surface area is 612 Å². The maximum absolute atomic E-state index is 5.75. The van der Waals surface area contributed by atoms with Crippen molar-refractivity contribution >= 4 is 79.0 Å². The number of nitrogens with zero attached hydrogens (tertiary/aromatic N) is 11. The molecule has 14 aromatic carbocycles. The molecular formula is C94H60BN11. The molecule has 0 spiro atoms. The zero-order valence-corrected chi connectivity index (χ0v) is 57.1. The van der Waals surface area contributed by atoms with E-state index in [4.69, 9.17) is 39.9 Å². The first-order valence-electron chi connectivity index (χ1n) is 35.6. The average Bonchev–Trinajstić information content (AvgIpc) is 0.840. The van der Waals surface area contributed by atoms with Crippen molar-refractivity contribution < 1.29 is 0 Å². The summed E-state index contributed by atoms with van der Waals surface area (Å²) in [5.74, 6) is 3.89. The molecule has 4 aromatic heterocycles. The quantitative estimate of drug-likeness (QED) is 0.103. The van der Waals surface area contributed by atoms with Crippen LogP contribution in [0.3, 0.4) is 0 Å². The summed E-state index contributed by atoms with van der Waals surface area (Å²) >= 11 is 0. The van der Waals surface area contributed by atoms with Gasteiger partial charge < -0.3 is 14.4 Å². The third-order valence-corrected chi connectivity index (χ3v) is 20.3. The minimum atomic E-state index is 0.0313. The average molecular weight is 1350 g/mol. The number of fused-ring (bicyclic) bond motifs is 7. The summed E-state index contributed by atoms with van der Waals surface area (Å²) in [6.45, 7) is 0.0313. The molecule has 0 fully saturated rings. The third-order valence-electron chi connectivity index (χ3n) is 20.3. The smallest absolute Gasteiger partial charge is 0.252 e. The molecule has 0 radical (unpaired) electrons. The lowest BCUT2D eigenvalue weighted by Gasteiger charge is -2.44. The molecule has 20 rings (SSSR count). The molecule has 106 heavy (non-hydrogen) atoms. The Morgan fingerprint density at radius 1 is 0.208 bits per heavy atom. The lowest BCUT2D eigenvalue weighted by molar-refractivity contribution is 1.07. The van der Waals surface area contributed by atoms with E-state index >= 15 is 0 Å². The highest BCUT2D eigenvalue weighted by atomic mass is 15.2. The molecule has 12 heteroatoms. The van der Waals surface area contributed by atoms with Gasteiger partial charge in [0.25, 0.3) is 6.71 Å². The van der Waals surface area contributed by atoms with E-state index in [0.717, 1.165) is 123 Å². The SMILES string of the molecule is c1ccc(-c2cc(-c3cccc(-c4cccc(N5c6ccccc6B6c7ccccc7N(c7ccccc7)c7cccc5c76)c4)c3)nc(-c3cc(-c4nc(-c5ccccc5)nc(-c5ccccc5)n4)ccc3-n3c4ccccc4c4cc(-c5nc(-c6ccccc6)nc(-c6ccccc6)n5)ccc43)n2)cc1. The largest absolute Gasteiger partial charge is 0.311 e. The Morgan fingerprint density at radius 2 is 0.594 bits per heavy atom. The van der Waals surface area contributed by atoms with E-state index in [1.807, 2.05) is 127 Å². The summed E-state index contributed by atoms with van der Waals surface area (Å²) in [5, 5.41) is 2.06. The van der Waals surface area contributed by atoms with Gasteiger partial charge in [-0.05, 0) is 131 Å². The number of hydrogen-bond donors (Lipinski definition) is 0. The Balaban J connectivity index is 0.758. The van der Waals surface area contributed by atoms with Crippen molar-refractivity contribution in [2.45, 2.75) is 0 Å². The van der Waals surface area contributed by atoms with Gasteiger partial charge in [-0.3, -0.25) is 0 Å². The van der Waals surface area contributed by atoms with Gasteiger partial charge in [-0.1, -0.05) is 261 Å². The van der Waals surface area contributed by atoms with E-state index in [9.17, 15) is 0 Å². The number of hydrogen-bond acceptors (Lipinski definition) is 10. The predicted octanol–water partition coefficient (Wildman–Crippen LogP) is 20.7. The highest BCUT2D eigenvalue weighted by Crippen LogP contribution is 2.46. The van der Waals surface area contributed by atoms with Crippen molar-refractivity contribution in [3.8, 4) is 119 Å². The highest BCUT2D eigenvalue weighted by molar-refractivity contribution is 7.00. The fraction of sp³-hybridized carbons (Fsp3) is 0. The molecule has 0 aliphatic carbocycles. The van der Waals surface area contributed by atoms with Crippen LogP contribution >= 0.6 is 0 Å². The molecule has 0 saturated heterocycles. The van der Waals surface area contributed by atoms with E-state index in [1.54, 1.807) is 0 Å². The van der Waals surface area contributed by atoms with Gasteiger partial charge >= 0.3 is 0 Å². The molecule has 0 unspecified atom stereocenters. The number of aromatic nitrogens is 9. The number of rotatable bonds is 13. The first-order valence-corrected chi connectivity index (χ1v) is 35.6. The monoisotopic (exact) mass is 1350 g/mol. The van der Waals surface area contributed by atoms with E-state index in [0.29, 0.717) is 40.8 Å². The van der Waals surface area contributed by atoms with Gasteiger partial charge in [-0.25, -0.2) is 39.9 Å². The van der Waals surface area contributed by atoms with Crippen LogP contribution in [0.1, 0.15) is 0 Å². The number of benzene rings is 14. The van der Waals surface area contributed by atoms with Crippen LogP contribution in [0.15, 0.2) is 364 Å². The van der Waals surface area contributed by atoms with E-state index in [1.165, 1.54) is 27.8 Å². The van der Waals surface area contributed by atoms with Crippen molar-refractivity contribution in [3.05, 3.63) is 364 Å². The van der Waals surface area contributed by atoms with Gasteiger partial charge in [0, 0.05) is 95.0 Å². The summed E-state index contributed by atoms with van der Waals surface area (Å²) in [6.07, 6.45) is 0. The summed E-state index contributed by atoms with van der Waals surface area (Å²) in [7, 11) is 0. The summed E-state index contributed by atoms with van der Waals surface area (Å²) in [4.78, 5) is 47.4. The zero-order valence-electron chi connectivity index (χ0n) is 57.1. The van der Waals surface area contributed by atoms with Crippen molar-refractivity contribution in [3.63, 3.8) is 0 Å². The maximum Gasteiger partial charge on any atom is 0.252 e. The van der Waals surface area contributed by atoms with Gasteiger partial charge in [0.15, 0.2) is 40.8 Å². The standard InChI is InChI=1S/C94H60BN11/c1-7-28-61(29-8-1)78-60-79(68-40-25-38-66(56-68)67-39-26-43-72(57-67)105-84-49-24-21-46-77(84)95-76-45-20-23-48-83(76)104(71-41-17-6-18-42-71)85-50-27-51-86(105)87(85)95)97-94(96-78)75-59-70(93-102-90(64-34-13-4-14-35-64)99-91(103-93)65-36-15-5-16-37-65)53-55-82(75)106-80-47-22-19-44-73(80)74-58-69(52-54-81(74)106)92-100-88(62-30-9-2-10-31-62)98-89(101-92)63-32-11-3-12-33-63/h1-60H. The van der Waals surface area contributed by atoms with Gasteiger partial charge in [0.05, 0.1) is 28.1 Å². The molecule has 2 aliphatic heterocycles. The third kappa shape index (κ3) is 10.9. The van der Waals surface area contributed by atoms with E-state index < -0.39 is 0 Å². The molecule has 0 saturated carbocycles. The molecule has 11 nitrogen and oxygen atoms in total. The minimum absolute atomic E-state index is 0.0313. The van der Waals surface area contributed by atoms with Crippen LogP contribution in [0.4, 0.5) is 34.1 Å². The molecule has 2 aliphatic rings. The van der Waals surface area contributed by atoms with Crippen molar-refractivity contribution in [2.24, 2.45) is 0 Å². The number of para-hydroxylation sites is 4. The predicted molar refractivity (Wildman–Crippen MR) is 432 cm³/mol. The molecular weight excluding hydrogens is 1290 g/mol. The zero-order chi connectivity index (χ0) is 70.0. The van der Waals surface area contributed by atoms with Crippen LogP contribution in [0.25, 0.3) is 141 Å². The Kier molecular flexibility index (Phi) is 15.0. The second-order valence-corrected chi connectivity index (χ2v) is 26.6. The fourth-order valence-electron chi connectivity index (χ4n) is 15.4. The van der Waals surface area contributed by atoms with Crippen molar-refractivity contribution in [2.75, 3.05) is 9.80 Å². The second kappa shape index (κ2) is 25.9. The molecule has 0 N–H and O–H groups in total. The van der Waals surface area contributed by atoms with Crippen molar-refractivity contribution in [1.82, 2.24) is 44.4 Å². The van der Waals surface area contributed by atoms with Crippen LogP contribution in [0.5, 0.6) is 0 Å².